The van der Waals surface area contributed by atoms with Gasteiger partial charge in [0.2, 0.25) is 0 Å². The van der Waals surface area contributed by atoms with Crippen LogP contribution in [0.25, 0.3) is 11.2 Å². The van der Waals surface area contributed by atoms with Crippen molar-refractivity contribution in [2.24, 2.45) is 0 Å². The van der Waals surface area contributed by atoms with Crippen molar-refractivity contribution >= 4 is 19.0 Å². The van der Waals surface area contributed by atoms with Crippen molar-refractivity contribution in [2.45, 2.75) is 6.92 Å². The van der Waals surface area contributed by atoms with Gasteiger partial charge in [0.15, 0.2) is 5.65 Å². The summed E-state index contributed by atoms with van der Waals surface area (Å²) >= 11 is 0. The first-order chi connectivity index (χ1) is 6.86. The largest absolute Gasteiger partial charge is 0.466 e. The molecule has 0 atom stereocenters. The second kappa shape index (κ2) is 4.45. The summed E-state index contributed by atoms with van der Waals surface area (Å²) in [6.45, 7) is 1.84. The Labute approximate surface area is 84.3 Å². The molecule has 82 valence electrons. The molecule has 15 heavy (non-hydrogen) atoms. The van der Waals surface area contributed by atoms with Crippen molar-refractivity contribution in [3.05, 3.63) is 18.3 Å². The molecule has 0 aliphatic carbocycles. The van der Waals surface area contributed by atoms with E-state index < -0.39 is 7.82 Å². The number of hydrogen-bond donors (Lipinski definition) is 4. The first-order valence-corrected chi connectivity index (χ1v) is 5.34. The molecular formula is C6H9N4O4P. The lowest BCUT2D eigenvalue weighted by Crippen LogP contribution is -1.85. The van der Waals surface area contributed by atoms with E-state index in [0.29, 0.717) is 0 Å². The fraction of sp³-hybridized carbons (Fsp3) is 0.167. The number of nitrogens with one attached hydrogen (secondary N) is 1. The minimum atomic E-state index is -4.64. The predicted octanol–water partition coefficient (Wildman–Crippen LogP) is -0.267. The van der Waals surface area contributed by atoms with Gasteiger partial charge < -0.3 is 19.7 Å². The highest BCUT2D eigenvalue weighted by atomic mass is 31.2. The maximum absolute atomic E-state index is 8.88. The summed E-state index contributed by atoms with van der Waals surface area (Å²) in [6.07, 6.45) is 3.34. The molecule has 0 amide bonds. The van der Waals surface area contributed by atoms with Crippen molar-refractivity contribution in [1.29, 1.82) is 0 Å². The molecule has 9 heteroatoms. The summed E-state index contributed by atoms with van der Waals surface area (Å²) in [4.78, 5) is 36.5. The monoisotopic (exact) mass is 232 g/mol. The van der Waals surface area contributed by atoms with Gasteiger partial charge in [-0.1, -0.05) is 0 Å². The van der Waals surface area contributed by atoms with Crippen LogP contribution in [-0.4, -0.2) is 34.6 Å². The van der Waals surface area contributed by atoms with Crippen LogP contribution in [0.2, 0.25) is 0 Å². The van der Waals surface area contributed by atoms with Crippen LogP contribution in [0.15, 0.2) is 12.5 Å². The minimum absolute atomic E-state index is 0.729. The number of phosphoric acid groups is 1. The number of hydrogen-bond acceptors (Lipinski definition) is 4. The highest BCUT2D eigenvalue weighted by Crippen LogP contribution is 2.25. The van der Waals surface area contributed by atoms with Crippen LogP contribution in [0, 0.1) is 6.92 Å². The molecule has 8 nitrogen and oxygen atoms in total. The lowest BCUT2D eigenvalue weighted by Gasteiger charge is -1.87. The zero-order chi connectivity index (χ0) is 11.5. The summed E-state index contributed by atoms with van der Waals surface area (Å²) in [5.74, 6) is 0.750. The predicted molar refractivity (Wildman–Crippen MR) is 50.7 cm³/mol. The third-order valence-electron chi connectivity index (χ3n) is 1.30. The van der Waals surface area contributed by atoms with Gasteiger partial charge in [0.25, 0.3) is 0 Å². The molecule has 2 aromatic heterocycles. The summed E-state index contributed by atoms with van der Waals surface area (Å²) in [6, 6.07) is 0. The maximum atomic E-state index is 8.88. The van der Waals surface area contributed by atoms with Crippen molar-refractivity contribution in [3.63, 3.8) is 0 Å². The summed E-state index contributed by atoms with van der Waals surface area (Å²) in [5.41, 5.74) is 1.61. The zero-order valence-electron chi connectivity index (χ0n) is 7.69. The SMILES string of the molecule is Cc1ncc2[nH]cnc2n1.O=P(O)(O)O. The summed E-state index contributed by atoms with van der Waals surface area (Å²) < 4.78 is 8.88. The van der Waals surface area contributed by atoms with Crippen LogP contribution in [0.1, 0.15) is 5.82 Å². The molecule has 2 rings (SSSR count). The molecule has 0 radical (unpaired) electrons. The van der Waals surface area contributed by atoms with E-state index >= 15 is 0 Å². The maximum Gasteiger partial charge on any atom is 0.466 e. The Kier molecular flexibility index (Phi) is 3.48. The Morgan fingerprint density at radius 2 is 1.93 bits per heavy atom. The van der Waals surface area contributed by atoms with Crippen molar-refractivity contribution < 1.29 is 19.2 Å². The van der Waals surface area contributed by atoms with Crippen LogP contribution in [0.5, 0.6) is 0 Å². The fourth-order valence-electron chi connectivity index (χ4n) is 0.821. The van der Waals surface area contributed by atoms with Gasteiger partial charge in [0.1, 0.15) is 11.3 Å². The first-order valence-electron chi connectivity index (χ1n) is 3.77. The van der Waals surface area contributed by atoms with Gasteiger partial charge in [-0.25, -0.2) is 19.5 Å². The highest BCUT2D eigenvalue weighted by molar-refractivity contribution is 7.45. The van der Waals surface area contributed by atoms with Gasteiger partial charge in [-0.3, -0.25) is 0 Å². The topological polar surface area (TPSA) is 132 Å². The normalized spacial score (nSPS) is 10.9. The van der Waals surface area contributed by atoms with Gasteiger partial charge in [0, 0.05) is 0 Å². The average Bonchev–Trinajstić information content (AvgIpc) is 2.47. The number of imidazole rings is 1. The second-order valence-electron chi connectivity index (χ2n) is 2.57. The second-order valence-corrected chi connectivity index (χ2v) is 3.60. The van der Waals surface area contributed by atoms with Gasteiger partial charge in [0.05, 0.1) is 12.5 Å². The molecule has 2 aromatic rings. The van der Waals surface area contributed by atoms with Crippen LogP contribution < -0.4 is 0 Å². The highest BCUT2D eigenvalue weighted by Gasteiger charge is 2.00. The molecule has 0 unspecified atom stereocenters. The Bertz CT molecular complexity index is 484. The molecule has 0 fully saturated rings. The zero-order valence-corrected chi connectivity index (χ0v) is 8.59. The van der Waals surface area contributed by atoms with E-state index in [1.54, 1.807) is 12.5 Å². The van der Waals surface area contributed by atoms with E-state index in [0.717, 1.165) is 17.0 Å². The average molecular weight is 232 g/mol. The molecule has 0 aliphatic heterocycles. The van der Waals surface area contributed by atoms with Crippen molar-refractivity contribution in [1.82, 2.24) is 19.9 Å². The minimum Gasteiger partial charge on any atom is -0.342 e. The summed E-state index contributed by atoms with van der Waals surface area (Å²) in [5, 5.41) is 0. The number of H-pyrrole nitrogens is 1. The summed E-state index contributed by atoms with van der Waals surface area (Å²) in [7, 11) is -4.64. The molecule has 4 N–H and O–H groups in total. The Morgan fingerprint density at radius 3 is 2.53 bits per heavy atom. The van der Waals surface area contributed by atoms with Gasteiger partial charge in [-0.05, 0) is 6.92 Å². The van der Waals surface area contributed by atoms with Crippen molar-refractivity contribution in [3.8, 4) is 0 Å². The smallest absolute Gasteiger partial charge is 0.342 e. The standard InChI is InChI=1S/C6H6N4.H3O4P/c1-4-7-2-5-6(10-4)9-3-8-5;1-5(2,3)4/h2-3H,1H3,(H,7,8,9,10);(H3,1,2,3,4). The fourth-order valence-corrected chi connectivity index (χ4v) is 0.821. The quantitative estimate of drug-likeness (QED) is 0.459. The Hall–Kier alpha value is -1.34. The number of fused-ring (bicyclic) bond motifs is 1. The number of nitrogens with zero attached hydrogens (tertiary/aromatic N) is 3. The van der Waals surface area contributed by atoms with E-state index in [9.17, 15) is 0 Å². The van der Waals surface area contributed by atoms with Crippen molar-refractivity contribution in [2.75, 3.05) is 0 Å². The number of aryl methyl sites for hydroxylation is 1. The molecule has 0 saturated carbocycles. The van der Waals surface area contributed by atoms with Crippen LogP contribution in [0.4, 0.5) is 0 Å². The lowest BCUT2D eigenvalue weighted by molar-refractivity contribution is 0.275. The number of aromatic nitrogens is 4. The van der Waals surface area contributed by atoms with E-state index in [1.807, 2.05) is 6.92 Å². The molecule has 2 heterocycles. The third kappa shape index (κ3) is 4.61. The Balaban J connectivity index is 0.000000195. The number of aromatic amines is 1. The Morgan fingerprint density at radius 1 is 1.33 bits per heavy atom. The van der Waals surface area contributed by atoms with E-state index in [1.165, 1.54) is 0 Å². The molecular weight excluding hydrogens is 223 g/mol. The van der Waals surface area contributed by atoms with Gasteiger partial charge in [-0.15, -0.1) is 0 Å². The van der Waals surface area contributed by atoms with Crippen LogP contribution >= 0.6 is 7.82 Å². The van der Waals surface area contributed by atoms with Crippen LogP contribution in [0.3, 0.4) is 0 Å². The molecule has 0 bridgehead atoms. The number of rotatable bonds is 0. The third-order valence-corrected chi connectivity index (χ3v) is 1.30. The van der Waals surface area contributed by atoms with E-state index in [-0.39, 0.29) is 0 Å². The molecule has 0 saturated heterocycles. The molecule has 0 aliphatic rings. The molecule has 0 spiro atoms. The van der Waals surface area contributed by atoms with E-state index in [4.69, 9.17) is 19.2 Å². The first kappa shape index (κ1) is 11.7. The van der Waals surface area contributed by atoms with Gasteiger partial charge >= 0.3 is 7.82 Å². The van der Waals surface area contributed by atoms with Gasteiger partial charge in [-0.2, -0.15) is 0 Å². The van der Waals surface area contributed by atoms with E-state index in [2.05, 4.69) is 19.9 Å². The molecule has 0 aromatic carbocycles. The lowest BCUT2D eigenvalue weighted by atomic mass is 10.5. The van der Waals surface area contributed by atoms with Crippen LogP contribution in [-0.2, 0) is 4.57 Å².